The fourth-order valence-corrected chi connectivity index (χ4v) is 3.93. The Balaban J connectivity index is 1.59. The van der Waals surface area contributed by atoms with Crippen molar-refractivity contribution in [3.8, 4) is 11.5 Å². The maximum absolute atomic E-state index is 14.7. The maximum atomic E-state index is 14.7. The number of fused-ring (bicyclic) bond motifs is 1. The second-order valence-corrected chi connectivity index (χ2v) is 8.97. The zero-order chi connectivity index (χ0) is 25.2. The van der Waals surface area contributed by atoms with Crippen molar-refractivity contribution in [3.63, 3.8) is 0 Å². The molecule has 0 bridgehead atoms. The lowest BCUT2D eigenvalue weighted by Crippen LogP contribution is -2.28. The fraction of sp³-hybridized carbons (Fsp3) is 0.462. The van der Waals surface area contributed by atoms with E-state index >= 15 is 0 Å². The van der Waals surface area contributed by atoms with Crippen LogP contribution in [0.5, 0.6) is 11.5 Å². The Morgan fingerprint density at radius 3 is 2.60 bits per heavy atom. The highest BCUT2D eigenvalue weighted by molar-refractivity contribution is 5.91. The number of nitrogens with zero attached hydrogens (tertiary/aromatic N) is 2. The molecule has 0 amide bonds. The average Bonchev–Trinajstić information content (AvgIpc) is 2.76. The van der Waals surface area contributed by atoms with Gasteiger partial charge >= 0.3 is 0 Å². The second-order valence-electron chi connectivity index (χ2n) is 8.97. The number of hydrogen-bond donors (Lipinski definition) is 1. The molecule has 1 saturated carbocycles. The minimum Gasteiger partial charge on any atom is -0.493 e. The van der Waals surface area contributed by atoms with Gasteiger partial charge in [-0.1, -0.05) is 18.2 Å². The van der Waals surface area contributed by atoms with Crippen LogP contribution in [0.3, 0.4) is 0 Å². The van der Waals surface area contributed by atoms with Crippen LogP contribution in [0.1, 0.15) is 50.1 Å². The van der Waals surface area contributed by atoms with Gasteiger partial charge in [-0.25, -0.2) is 23.1 Å². The van der Waals surface area contributed by atoms with Crippen molar-refractivity contribution in [2.24, 2.45) is 0 Å². The van der Waals surface area contributed by atoms with Gasteiger partial charge < -0.3 is 19.5 Å². The van der Waals surface area contributed by atoms with Crippen LogP contribution < -0.4 is 14.8 Å². The molecular weight excluding hydrogens is 459 g/mol. The molecule has 35 heavy (non-hydrogen) atoms. The van der Waals surface area contributed by atoms with Gasteiger partial charge in [0.25, 0.3) is 5.92 Å². The van der Waals surface area contributed by atoms with Gasteiger partial charge in [-0.15, -0.1) is 0 Å². The number of aromatic nitrogens is 2. The first kappa shape index (κ1) is 25.0. The molecule has 0 aliphatic heterocycles. The maximum Gasteiger partial charge on any atom is 0.273 e. The van der Waals surface area contributed by atoms with Crippen LogP contribution in [0.15, 0.2) is 30.3 Å². The summed E-state index contributed by atoms with van der Waals surface area (Å²) in [4.78, 5) is 8.94. The van der Waals surface area contributed by atoms with Crippen molar-refractivity contribution in [1.82, 2.24) is 9.97 Å². The van der Waals surface area contributed by atoms with Crippen LogP contribution >= 0.6 is 0 Å². The lowest BCUT2D eigenvalue weighted by Gasteiger charge is -2.27. The number of methoxy groups -OCH3 is 1. The van der Waals surface area contributed by atoms with Crippen molar-refractivity contribution in [2.75, 3.05) is 19.0 Å². The van der Waals surface area contributed by atoms with Crippen molar-refractivity contribution in [2.45, 2.75) is 64.7 Å². The summed E-state index contributed by atoms with van der Waals surface area (Å²) in [5.41, 5.74) is 0.0798. The molecule has 0 saturated heterocycles. The number of anilines is 1. The van der Waals surface area contributed by atoms with Crippen LogP contribution in [-0.2, 0) is 17.2 Å². The first-order valence-electron chi connectivity index (χ1n) is 11.7. The molecule has 0 radical (unpaired) electrons. The van der Waals surface area contributed by atoms with E-state index in [4.69, 9.17) is 14.2 Å². The predicted molar refractivity (Wildman–Crippen MR) is 128 cm³/mol. The summed E-state index contributed by atoms with van der Waals surface area (Å²) >= 11 is 0. The Kier molecular flexibility index (Phi) is 7.35. The number of nitrogens with one attached hydrogen (secondary N) is 1. The van der Waals surface area contributed by atoms with E-state index in [2.05, 4.69) is 15.3 Å². The Morgan fingerprint density at radius 2 is 1.94 bits per heavy atom. The number of alkyl halides is 2. The van der Waals surface area contributed by atoms with E-state index < -0.39 is 17.3 Å². The molecule has 1 unspecified atom stereocenters. The SMILES string of the molecule is COc1cc2nc(C)nc(NCc3cccc(C(C)(F)F)c3F)c2cc1OC(C)COC1CCC1. The average molecular weight is 490 g/mol. The van der Waals surface area contributed by atoms with Gasteiger partial charge in [0, 0.05) is 30.5 Å². The summed E-state index contributed by atoms with van der Waals surface area (Å²) in [6, 6.07) is 7.50. The van der Waals surface area contributed by atoms with E-state index in [-0.39, 0.29) is 18.2 Å². The molecule has 1 fully saturated rings. The van der Waals surface area contributed by atoms with Crippen LogP contribution in [0, 0.1) is 12.7 Å². The summed E-state index contributed by atoms with van der Waals surface area (Å²) in [7, 11) is 1.55. The predicted octanol–water partition coefficient (Wildman–Crippen LogP) is 6.15. The van der Waals surface area contributed by atoms with Gasteiger partial charge in [0.15, 0.2) is 11.5 Å². The topological polar surface area (TPSA) is 65.5 Å². The number of benzene rings is 2. The summed E-state index contributed by atoms with van der Waals surface area (Å²) in [6.07, 6.45) is 3.45. The van der Waals surface area contributed by atoms with Gasteiger partial charge in [0.05, 0.1) is 30.9 Å². The molecule has 1 atom stereocenters. The molecule has 0 spiro atoms. The summed E-state index contributed by atoms with van der Waals surface area (Å²) in [5.74, 6) is -2.27. The molecule has 1 heterocycles. The number of aryl methyl sites for hydroxylation is 1. The second kappa shape index (κ2) is 10.3. The van der Waals surface area contributed by atoms with Crippen molar-refractivity contribution in [1.29, 1.82) is 0 Å². The van der Waals surface area contributed by atoms with Crippen LogP contribution in [0.2, 0.25) is 0 Å². The Hall–Kier alpha value is -3.07. The summed E-state index contributed by atoms with van der Waals surface area (Å²) in [6.45, 7) is 4.76. The molecule has 1 aliphatic carbocycles. The standard InChI is InChI=1S/C26H30F3N3O3/c1-15(14-34-18-8-6-9-18)35-23-11-19-21(12-22(23)33-4)31-16(2)32-25(19)30-13-17-7-5-10-20(24(17)27)26(3,28)29/h5,7,10-12,15,18H,6,8-9,13-14H2,1-4H3,(H,30,31,32). The minimum absolute atomic E-state index is 0.0326. The highest BCUT2D eigenvalue weighted by atomic mass is 19.3. The minimum atomic E-state index is -3.28. The van der Waals surface area contributed by atoms with Gasteiger partial charge in [0.1, 0.15) is 23.6 Å². The Bertz CT molecular complexity index is 1200. The van der Waals surface area contributed by atoms with Crippen molar-refractivity contribution in [3.05, 3.63) is 53.1 Å². The van der Waals surface area contributed by atoms with Crippen LogP contribution in [0.25, 0.3) is 10.9 Å². The molecule has 1 aliphatic rings. The highest BCUT2D eigenvalue weighted by Crippen LogP contribution is 2.36. The normalized spacial score (nSPS) is 15.1. The van der Waals surface area contributed by atoms with Gasteiger partial charge in [-0.2, -0.15) is 0 Å². The van der Waals surface area contributed by atoms with Gasteiger partial charge in [0.2, 0.25) is 0 Å². The van der Waals surface area contributed by atoms with Gasteiger partial charge in [-0.3, -0.25) is 0 Å². The van der Waals surface area contributed by atoms with Gasteiger partial charge in [-0.05, 0) is 39.2 Å². The first-order valence-corrected chi connectivity index (χ1v) is 11.7. The molecule has 2 aromatic carbocycles. The van der Waals surface area contributed by atoms with Crippen molar-refractivity contribution >= 4 is 16.7 Å². The third-order valence-corrected chi connectivity index (χ3v) is 6.04. The van der Waals surface area contributed by atoms with E-state index in [1.165, 1.54) is 18.6 Å². The third-order valence-electron chi connectivity index (χ3n) is 6.04. The van der Waals surface area contributed by atoms with E-state index in [1.54, 1.807) is 26.2 Å². The number of halogens is 3. The molecular formula is C26H30F3N3O3. The molecule has 3 aromatic rings. The zero-order valence-electron chi connectivity index (χ0n) is 20.3. The fourth-order valence-electron chi connectivity index (χ4n) is 3.93. The Labute approximate surface area is 202 Å². The van der Waals surface area contributed by atoms with E-state index in [0.717, 1.165) is 18.9 Å². The van der Waals surface area contributed by atoms with Crippen molar-refractivity contribution < 1.29 is 27.4 Å². The Morgan fingerprint density at radius 1 is 1.17 bits per heavy atom. The lowest BCUT2D eigenvalue weighted by molar-refractivity contribution is -0.0310. The van der Waals surface area contributed by atoms with Crippen LogP contribution in [0.4, 0.5) is 19.0 Å². The highest BCUT2D eigenvalue weighted by Gasteiger charge is 2.29. The quantitative estimate of drug-likeness (QED) is 0.369. The third kappa shape index (κ3) is 5.78. The molecule has 188 valence electrons. The first-order chi connectivity index (χ1) is 16.7. The molecule has 4 rings (SSSR count). The summed E-state index contributed by atoms with van der Waals surface area (Å²) in [5, 5.41) is 3.72. The zero-order valence-corrected chi connectivity index (χ0v) is 20.3. The summed E-state index contributed by atoms with van der Waals surface area (Å²) < 4.78 is 59.7. The molecule has 1 aromatic heterocycles. The monoisotopic (exact) mass is 489 g/mol. The molecule has 6 nitrogen and oxygen atoms in total. The van der Waals surface area contributed by atoms with E-state index in [9.17, 15) is 13.2 Å². The number of rotatable bonds is 10. The smallest absolute Gasteiger partial charge is 0.273 e. The van der Waals surface area contributed by atoms with Crippen LogP contribution in [-0.4, -0.2) is 35.9 Å². The van der Waals surface area contributed by atoms with E-state index in [0.29, 0.717) is 53.7 Å². The molecule has 9 heteroatoms. The number of ether oxygens (including phenoxy) is 3. The molecule has 1 N–H and O–H groups in total. The van der Waals surface area contributed by atoms with E-state index in [1.807, 2.05) is 6.92 Å². The lowest BCUT2D eigenvalue weighted by atomic mass is 9.96. The number of hydrogen-bond acceptors (Lipinski definition) is 6. The largest absolute Gasteiger partial charge is 0.493 e.